The predicted molar refractivity (Wildman–Crippen MR) is 83.9 cm³/mol. The highest BCUT2D eigenvalue weighted by molar-refractivity contribution is 6.05. The molecule has 0 bridgehead atoms. The smallest absolute Gasteiger partial charge is 0.255 e. The number of benzene rings is 1. The molecule has 21 heavy (non-hydrogen) atoms. The number of nitrogens with one attached hydrogen (secondary N) is 2. The summed E-state index contributed by atoms with van der Waals surface area (Å²) in [5, 5.41) is 10.7. The highest BCUT2D eigenvalue weighted by atomic mass is 16.1. The van der Waals surface area contributed by atoms with Crippen LogP contribution in [0.5, 0.6) is 0 Å². The first kappa shape index (κ1) is 13.7. The molecular weight excluding hydrogens is 264 g/mol. The molecule has 2 N–H and O–H groups in total. The number of hydrogen-bond acceptors (Lipinski definition) is 3. The minimum absolute atomic E-state index is 0.0810. The second-order valence-corrected chi connectivity index (χ2v) is 5.53. The molecule has 0 radical (unpaired) electrons. The lowest BCUT2D eigenvalue weighted by Gasteiger charge is -2.18. The monoisotopic (exact) mass is 284 g/mol. The van der Waals surface area contributed by atoms with Crippen molar-refractivity contribution in [1.29, 1.82) is 0 Å². The van der Waals surface area contributed by atoms with Crippen molar-refractivity contribution >= 4 is 17.3 Å². The van der Waals surface area contributed by atoms with E-state index in [9.17, 15) is 4.79 Å². The molecule has 1 aromatic heterocycles. The Kier molecular flexibility index (Phi) is 3.41. The van der Waals surface area contributed by atoms with E-state index in [2.05, 4.69) is 15.7 Å². The van der Waals surface area contributed by atoms with Gasteiger partial charge >= 0.3 is 0 Å². The number of carbonyl (C=O) groups is 1. The van der Waals surface area contributed by atoms with Gasteiger partial charge in [-0.05, 0) is 50.5 Å². The topological polar surface area (TPSA) is 59.0 Å². The maximum Gasteiger partial charge on any atom is 0.255 e. The molecule has 0 saturated heterocycles. The molecule has 0 spiro atoms. The minimum Gasteiger partial charge on any atom is -0.385 e. The van der Waals surface area contributed by atoms with E-state index in [1.165, 1.54) is 5.56 Å². The average Bonchev–Trinajstić information content (AvgIpc) is 2.73. The molecule has 5 heteroatoms. The van der Waals surface area contributed by atoms with Crippen LogP contribution in [0.25, 0.3) is 0 Å². The Labute approximate surface area is 124 Å². The number of aromatic nitrogens is 2. The standard InChI is InChI=1S/C16H20N4O/c1-10-15(11(2)20(3)19-10)18-16(21)13-6-7-14-12(9-13)5-4-8-17-14/h6-7,9,17H,4-5,8H2,1-3H3,(H,18,21). The summed E-state index contributed by atoms with van der Waals surface area (Å²) in [5.41, 5.74) is 5.65. The van der Waals surface area contributed by atoms with Crippen molar-refractivity contribution in [3.8, 4) is 0 Å². The van der Waals surface area contributed by atoms with Gasteiger partial charge in [-0.15, -0.1) is 0 Å². The van der Waals surface area contributed by atoms with Gasteiger partial charge in [0.05, 0.1) is 17.1 Å². The second kappa shape index (κ2) is 5.24. The molecule has 0 aliphatic carbocycles. The molecule has 0 atom stereocenters. The summed E-state index contributed by atoms with van der Waals surface area (Å²) in [7, 11) is 1.88. The first-order valence-electron chi connectivity index (χ1n) is 7.24. The van der Waals surface area contributed by atoms with Crippen LogP contribution in [0, 0.1) is 13.8 Å². The van der Waals surface area contributed by atoms with E-state index in [4.69, 9.17) is 0 Å². The lowest BCUT2D eigenvalue weighted by Crippen LogP contribution is -2.16. The van der Waals surface area contributed by atoms with Gasteiger partial charge in [0.1, 0.15) is 0 Å². The number of hydrogen-bond donors (Lipinski definition) is 2. The Bertz CT molecular complexity index is 703. The third-order valence-electron chi connectivity index (χ3n) is 4.05. The van der Waals surface area contributed by atoms with Gasteiger partial charge in [0, 0.05) is 24.8 Å². The maximum absolute atomic E-state index is 12.4. The van der Waals surface area contributed by atoms with Gasteiger partial charge in [-0.1, -0.05) is 0 Å². The van der Waals surface area contributed by atoms with E-state index >= 15 is 0 Å². The number of fused-ring (bicyclic) bond motifs is 1. The van der Waals surface area contributed by atoms with Crippen molar-refractivity contribution in [3.05, 3.63) is 40.7 Å². The summed E-state index contributed by atoms with van der Waals surface area (Å²) in [6.07, 6.45) is 2.13. The molecule has 1 aromatic carbocycles. The molecule has 1 amide bonds. The first-order chi connectivity index (χ1) is 10.1. The zero-order chi connectivity index (χ0) is 15.0. The highest BCUT2D eigenvalue weighted by Gasteiger charge is 2.16. The van der Waals surface area contributed by atoms with E-state index in [0.29, 0.717) is 5.56 Å². The Hall–Kier alpha value is -2.30. The normalized spacial score (nSPS) is 13.5. The SMILES string of the molecule is Cc1nn(C)c(C)c1NC(=O)c1ccc2c(c1)CCCN2. The highest BCUT2D eigenvalue weighted by Crippen LogP contribution is 2.24. The van der Waals surface area contributed by atoms with Crippen LogP contribution in [0.1, 0.15) is 33.7 Å². The Morgan fingerprint density at radius 3 is 2.90 bits per heavy atom. The second-order valence-electron chi connectivity index (χ2n) is 5.53. The van der Waals surface area contributed by atoms with Crippen LogP contribution in [-0.2, 0) is 13.5 Å². The molecule has 0 fully saturated rings. The van der Waals surface area contributed by atoms with Gasteiger partial charge in [0.2, 0.25) is 0 Å². The number of nitrogens with zero attached hydrogens (tertiary/aromatic N) is 2. The Morgan fingerprint density at radius 2 is 2.19 bits per heavy atom. The third-order valence-corrected chi connectivity index (χ3v) is 4.05. The summed E-state index contributed by atoms with van der Waals surface area (Å²) in [6, 6.07) is 5.84. The molecular formula is C16H20N4O. The van der Waals surface area contributed by atoms with Crippen molar-refractivity contribution in [3.63, 3.8) is 0 Å². The fraction of sp³-hybridized carbons (Fsp3) is 0.375. The lowest BCUT2D eigenvalue weighted by atomic mass is 10.0. The number of carbonyl (C=O) groups excluding carboxylic acids is 1. The maximum atomic E-state index is 12.4. The number of rotatable bonds is 2. The van der Waals surface area contributed by atoms with Crippen LogP contribution in [0.3, 0.4) is 0 Å². The van der Waals surface area contributed by atoms with Crippen LogP contribution in [0.4, 0.5) is 11.4 Å². The van der Waals surface area contributed by atoms with Crippen molar-refractivity contribution in [2.75, 3.05) is 17.2 Å². The molecule has 2 heterocycles. The van der Waals surface area contributed by atoms with Crippen molar-refractivity contribution < 1.29 is 4.79 Å². The molecule has 5 nitrogen and oxygen atoms in total. The van der Waals surface area contributed by atoms with E-state index in [1.807, 2.05) is 39.1 Å². The summed E-state index contributed by atoms with van der Waals surface area (Å²) in [4.78, 5) is 12.4. The van der Waals surface area contributed by atoms with Gasteiger partial charge in [-0.3, -0.25) is 9.48 Å². The molecule has 110 valence electrons. The number of anilines is 2. The average molecular weight is 284 g/mol. The van der Waals surface area contributed by atoms with Crippen molar-refractivity contribution in [2.24, 2.45) is 7.05 Å². The quantitative estimate of drug-likeness (QED) is 0.891. The molecule has 3 rings (SSSR count). The summed E-state index contributed by atoms with van der Waals surface area (Å²) in [5.74, 6) is -0.0810. The molecule has 0 unspecified atom stereocenters. The molecule has 0 saturated carbocycles. The van der Waals surface area contributed by atoms with Crippen LogP contribution in [0.2, 0.25) is 0 Å². The van der Waals surface area contributed by atoms with E-state index in [0.717, 1.165) is 42.1 Å². The molecule has 1 aliphatic heterocycles. The third kappa shape index (κ3) is 2.51. The van der Waals surface area contributed by atoms with Crippen LogP contribution in [-0.4, -0.2) is 22.2 Å². The van der Waals surface area contributed by atoms with E-state index in [-0.39, 0.29) is 5.91 Å². The minimum atomic E-state index is -0.0810. The van der Waals surface area contributed by atoms with Gasteiger partial charge in [-0.25, -0.2) is 0 Å². The van der Waals surface area contributed by atoms with Crippen LogP contribution < -0.4 is 10.6 Å². The fourth-order valence-electron chi connectivity index (χ4n) is 2.76. The zero-order valence-electron chi connectivity index (χ0n) is 12.7. The Balaban J connectivity index is 1.85. The first-order valence-corrected chi connectivity index (χ1v) is 7.24. The summed E-state index contributed by atoms with van der Waals surface area (Å²) in [6.45, 7) is 4.86. The van der Waals surface area contributed by atoms with Gasteiger partial charge in [0.25, 0.3) is 5.91 Å². The van der Waals surface area contributed by atoms with E-state index < -0.39 is 0 Å². The van der Waals surface area contributed by atoms with Crippen molar-refractivity contribution in [1.82, 2.24) is 9.78 Å². The number of aryl methyl sites for hydroxylation is 3. The van der Waals surface area contributed by atoms with Crippen molar-refractivity contribution in [2.45, 2.75) is 26.7 Å². The summed E-state index contributed by atoms with van der Waals surface area (Å²) < 4.78 is 1.78. The van der Waals surface area contributed by atoms with Crippen LogP contribution in [0.15, 0.2) is 18.2 Å². The fourth-order valence-corrected chi connectivity index (χ4v) is 2.76. The number of amides is 1. The van der Waals surface area contributed by atoms with E-state index in [1.54, 1.807) is 4.68 Å². The largest absolute Gasteiger partial charge is 0.385 e. The van der Waals surface area contributed by atoms with Gasteiger partial charge < -0.3 is 10.6 Å². The molecule has 2 aromatic rings. The summed E-state index contributed by atoms with van der Waals surface area (Å²) >= 11 is 0. The predicted octanol–water partition coefficient (Wildman–Crippen LogP) is 2.65. The van der Waals surface area contributed by atoms with Gasteiger partial charge in [0.15, 0.2) is 0 Å². The zero-order valence-corrected chi connectivity index (χ0v) is 12.7. The molecule has 1 aliphatic rings. The van der Waals surface area contributed by atoms with Crippen LogP contribution >= 0.6 is 0 Å². The van der Waals surface area contributed by atoms with Gasteiger partial charge in [-0.2, -0.15) is 5.10 Å². The Morgan fingerprint density at radius 1 is 1.38 bits per heavy atom. The lowest BCUT2D eigenvalue weighted by molar-refractivity contribution is 0.102.